The third kappa shape index (κ3) is 4.11. The second kappa shape index (κ2) is 8.43. The molecular formula is C20H29N5O2S. The summed E-state index contributed by atoms with van der Waals surface area (Å²) in [6.07, 6.45) is 4.30. The van der Waals surface area contributed by atoms with Gasteiger partial charge in [0, 0.05) is 31.9 Å². The van der Waals surface area contributed by atoms with Crippen molar-refractivity contribution < 1.29 is 9.59 Å². The number of nitrogens with zero attached hydrogens (tertiary/aromatic N) is 4. The fraction of sp³-hybridized carbons (Fsp3) is 0.600. The number of hydrogen-bond donors (Lipinski definition) is 1. The molecule has 1 aliphatic rings. The Bertz CT molecular complexity index is 872. The summed E-state index contributed by atoms with van der Waals surface area (Å²) in [5.74, 6) is 0.299. The molecule has 2 unspecified atom stereocenters. The number of carbonyl (C=O) groups is 2. The van der Waals surface area contributed by atoms with Gasteiger partial charge in [0.15, 0.2) is 0 Å². The minimum Gasteiger partial charge on any atom is -0.356 e. The number of thiazole rings is 1. The topological polar surface area (TPSA) is 80.1 Å². The van der Waals surface area contributed by atoms with Crippen molar-refractivity contribution in [3.8, 4) is 0 Å². The number of rotatable bonds is 6. The lowest BCUT2D eigenvalue weighted by atomic mass is 9.94. The first-order valence-corrected chi connectivity index (χ1v) is 10.7. The number of amides is 2. The second-order valence-corrected chi connectivity index (χ2v) is 8.64. The van der Waals surface area contributed by atoms with Gasteiger partial charge in [-0.3, -0.25) is 14.3 Å². The van der Waals surface area contributed by atoms with E-state index in [0.29, 0.717) is 18.0 Å². The Morgan fingerprint density at radius 3 is 2.86 bits per heavy atom. The van der Waals surface area contributed by atoms with Gasteiger partial charge in [0.1, 0.15) is 0 Å². The Morgan fingerprint density at radius 2 is 2.21 bits per heavy atom. The number of hydrogen-bond acceptors (Lipinski definition) is 5. The molecule has 0 spiro atoms. The van der Waals surface area contributed by atoms with Crippen molar-refractivity contribution >= 4 is 23.2 Å². The highest BCUT2D eigenvalue weighted by atomic mass is 32.1. The summed E-state index contributed by atoms with van der Waals surface area (Å²) in [5, 5.41) is 8.42. The minimum absolute atomic E-state index is 0.0141. The summed E-state index contributed by atoms with van der Waals surface area (Å²) in [6, 6.07) is -0.0420. The van der Waals surface area contributed by atoms with Gasteiger partial charge in [0.2, 0.25) is 5.91 Å². The van der Waals surface area contributed by atoms with Crippen molar-refractivity contribution in [1.29, 1.82) is 0 Å². The molecule has 0 radical (unpaired) electrons. The monoisotopic (exact) mass is 403 g/mol. The molecule has 1 N–H and O–H groups in total. The van der Waals surface area contributed by atoms with Gasteiger partial charge < -0.3 is 10.2 Å². The molecule has 2 aromatic heterocycles. The lowest BCUT2D eigenvalue weighted by Crippen LogP contribution is -2.34. The first-order chi connectivity index (χ1) is 13.3. The van der Waals surface area contributed by atoms with E-state index in [4.69, 9.17) is 0 Å². The van der Waals surface area contributed by atoms with E-state index in [1.807, 2.05) is 25.6 Å². The van der Waals surface area contributed by atoms with Crippen molar-refractivity contribution in [2.24, 2.45) is 5.92 Å². The highest BCUT2D eigenvalue weighted by molar-refractivity contribution is 7.11. The van der Waals surface area contributed by atoms with E-state index in [2.05, 4.69) is 22.3 Å². The van der Waals surface area contributed by atoms with Gasteiger partial charge in [-0.15, -0.1) is 11.3 Å². The van der Waals surface area contributed by atoms with Gasteiger partial charge in [0.25, 0.3) is 5.91 Å². The molecule has 3 rings (SSSR count). The first-order valence-electron chi connectivity index (χ1n) is 9.84. The molecule has 0 aliphatic carbocycles. The highest BCUT2D eigenvalue weighted by Crippen LogP contribution is 2.31. The van der Waals surface area contributed by atoms with Crippen LogP contribution in [0.3, 0.4) is 0 Å². The van der Waals surface area contributed by atoms with E-state index in [9.17, 15) is 9.59 Å². The lowest BCUT2D eigenvalue weighted by molar-refractivity contribution is -0.119. The van der Waals surface area contributed by atoms with Crippen molar-refractivity contribution in [3.05, 3.63) is 33.0 Å². The molecule has 0 fully saturated rings. The van der Waals surface area contributed by atoms with Gasteiger partial charge >= 0.3 is 0 Å². The summed E-state index contributed by atoms with van der Waals surface area (Å²) in [5.41, 5.74) is 2.64. The predicted octanol–water partition coefficient (Wildman–Crippen LogP) is 2.74. The van der Waals surface area contributed by atoms with Crippen LogP contribution in [0.25, 0.3) is 0 Å². The van der Waals surface area contributed by atoms with Crippen LogP contribution in [0.5, 0.6) is 0 Å². The summed E-state index contributed by atoms with van der Waals surface area (Å²) in [7, 11) is 1.85. The van der Waals surface area contributed by atoms with E-state index >= 15 is 0 Å². The molecule has 0 aromatic carbocycles. The van der Waals surface area contributed by atoms with E-state index in [1.54, 1.807) is 22.4 Å². The quantitative estimate of drug-likeness (QED) is 0.804. The maximum Gasteiger partial charge on any atom is 0.257 e. The van der Waals surface area contributed by atoms with E-state index in [-0.39, 0.29) is 17.9 Å². The molecule has 0 bridgehead atoms. The Labute approximate surface area is 170 Å². The van der Waals surface area contributed by atoms with Crippen LogP contribution in [0.2, 0.25) is 0 Å². The first kappa shape index (κ1) is 20.5. The van der Waals surface area contributed by atoms with E-state index < -0.39 is 0 Å². The van der Waals surface area contributed by atoms with Crippen LogP contribution in [-0.4, -0.2) is 45.1 Å². The van der Waals surface area contributed by atoms with Gasteiger partial charge in [-0.2, -0.15) is 5.10 Å². The summed E-state index contributed by atoms with van der Waals surface area (Å²) in [4.78, 5) is 32.0. The zero-order valence-electron chi connectivity index (χ0n) is 17.3. The summed E-state index contributed by atoms with van der Waals surface area (Å²) in [6.45, 7) is 9.10. The Morgan fingerprint density at radius 1 is 1.46 bits per heavy atom. The van der Waals surface area contributed by atoms with Crippen molar-refractivity contribution in [3.63, 3.8) is 0 Å². The molecule has 152 valence electrons. The number of fused-ring (bicyclic) bond motifs is 1. The normalized spacial score (nSPS) is 17.1. The molecule has 8 heteroatoms. The van der Waals surface area contributed by atoms with Gasteiger partial charge in [0.05, 0.1) is 34.2 Å². The standard InChI is InChI=1S/C20H29N5O2S/c1-6-18-23-12(2)19(28-18)13(3)24(5)20(27)16-11-22-25-8-7-15(9-17(16)25)10-21-14(4)26/h11,13,15H,6-10H2,1-5H3,(H,21,26). The van der Waals surface area contributed by atoms with Crippen LogP contribution in [0.1, 0.15) is 64.9 Å². The maximum absolute atomic E-state index is 13.2. The smallest absolute Gasteiger partial charge is 0.257 e. The molecule has 2 amide bonds. The lowest BCUT2D eigenvalue weighted by Gasteiger charge is -2.27. The number of carbonyl (C=O) groups excluding carboxylic acids is 2. The van der Waals surface area contributed by atoms with Crippen molar-refractivity contribution in [2.75, 3.05) is 13.6 Å². The van der Waals surface area contributed by atoms with E-state index in [1.165, 1.54) is 6.92 Å². The van der Waals surface area contributed by atoms with Crippen molar-refractivity contribution in [1.82, 2.24) is 25.0 Å². The number of aromatic nitrogens is 3. The van der Waals surface area contributed by atoms with Crippen LogP contribution in [0, 0.1) is 12.8 Å². The van der Waals surface area contributed by atoms with Gasteiger partial charge in [-0.05, 0) is 39.0 Å². The molecule has 3 heterocycles. The molecule has 1 aliphatic heterocycles. The van der Waals surface area contributed by atoms with Crippen LogP contribution < -0.4 is 5.32 Å². The predicted molar refractivity (Wildman–Crippen MR) is 109 cm³/mol. The largest absolute Gasteiger partial charge is 0.356 e. The number of nitrogens with one attached hydrogen (secondary N) is 1. The molecule has 0 saturated carbocycles. The van der Waals surface area contributed by atoms with Crippen LogP contribution in [0.4, 0.5) is 0 Å². The zero-order valence-corrected chi connectivity index (χ0v) is 18.1. The van der Waals surface area contributed by atoms with Crippen LogP contribution >= 0.6 is 11.3 Å². The van der Waals surface area contributed by atoms with Crippen molar-refractivity contribution in [2.45, 2.75) is 59.5 Å². The average Bonchev–Trinajstić information content (AvgIpc) is 3.27. The fourth-order valence-corrected chi connectivity index (χ4v) is 4.79. The Kier molecular flexibility index (Phi) is 6.17. The zero-order chi connectivity index (χ0) is 20.4. The molecular weight excluding hydrogens is 374 g/mol. The van der Waals surface area contributed by atoms with Gasteiger partial charge in [-0.1, -0.05) is 6.92 Å². The number of aryl methyl sites for hydroxylation is 3. The van der Waals surface area contributed by atoms with E-state index in [0.717, 1.165) is 47.1 Å². The SMILES string of the molecule is CCc1nc(C)c(C(C)N(C)C(=O)c2cnn3c2CC(CNC(C)=O)CC3)s1. The maximum atomic E-state index is 13.2. The highest BCUT2D eigenvalue weighted by Gasteiger charge is 2.29. The van der Waals surface area contributed by atoms with Crippen LogP contribution in [-0.2, 0) is 24.2 Å². The fourth-order valence-electron chi connectivity index (χ4n) is 3.69. The second-order valence-electron chi connectivity index (χ2n) is 7.53. The molecule has 2 atom stereocenters. The Balaban J connectivity index is 1.77. The Hall–Kier alpha value is -2.22. The molecule has 2 aromatic rings. The van der Waals surface area contributed by atoms with Gasteiger partial charge in [-0.25, -0.2) is 4.98 Å². The summed E-state index contributed by atoms with van der Waals surface area (Å²) >= 11 is 1.68. The average molecular weight is 404 g/mol. The molecule has 0 saturated heterocycles. The van der Waals surface area contributed by atoms with Crippen LogP contribution in [0.15, 0.2) is 6.20 Å². The summed E-state index contributed by atoms with van der Waals surface area (Å²) < 4.78 is 1.93. The molecule has 7 nitrogen and oxygen atoms in total. The third-order valence-electron chi connectivity index (χ3n) is 5.51. The third-order valence-corrected chi connectivity index (χ3v) is 6.98. The minimum atomic E-state index is -0.0420. The molecule has 28 heavy (non-hydrogen) atoms.